The molecule has 0 spiro atoms. The molecule has 2 nitrogen and oxygen atoms in total. The van der Waals surface area contributed by atoms with Gasteiger partial charge >= 0.3 is 0 Å². The van der Waals surface area contributed by atoms with Crippen LogP contribution in [0.25, 0.3) is 0 Å². The Balaban J connectivity index is 2.34. The van der Waals surface area contributed by atoms with Crippen LogP contribution in [0.5, 0.6) is 0 Å². The van der Waals surface area contributed by atoms with Crippen LogP contribution in [0.3, 0.4) is 0 Å². The van der Waals surface area contributed by atoms with E-state index in [9.17, 15) is 0 Å². The molecule has 0 unspecified atom stereocenters. The van der Waals surface area contributed by atoms with E-state index in [1.165, 1.54) is 5.56 Å². The molecule has 0 radical (unpaired) electrons. The van der Waals surface area contributed by atoms with Crippen molar-refractivity contribution >= 4 is 11.6 Å². The Kier molecular flexibility index (Phi) is 3.85. The van der Waals surface area contributed by atoms with Crippen molar-refractivity contribution in [3.63, 3.8) is 0 Å². The summed E-state index contributed by atoms with van der Waals surface area (Å²) in [5, 5.41) is 0.859. The van der Waals surface area contributed by atoms with E-state index >= 15 is 0 Å². The van der Waals surface area contributed by atoms with Crippen LogP contribution in [0.1, 0.15) is 24.8 Å². The van der Waals surface area contributed by atoms with Crippen LogP contribution in [0.2, 0.25) is 5.02 Å². The highest BCUT2D eigenvalue weighted by Gasteiger charge is 2.34. The minimum atomic E-state index is 0.130. The van der Waals surface area contributed by atoms with Crippen LogP contribution in [-0.2, 0) is 10.2 Å². The van der Waals surface area contributed by atoms with Crippen molar-refractivity contribution in [2.75, 3.05) is 19.8 Å². The first-order valence-electron chi connectivity index (χ1n) is 5.81. The molecule has 2 rings (SSSR count). The van der Waals surface area contributed by atoms with Crippen LogP contribution in [0.15, 0.2) is 24.3 Å². The molecule has 3 heteroatoms. The van der Waals surface area contributed by atoms with E-state index in [1.807, 2.05) is 12.1 Å². The summed E-state index contributed by atoms with van der Waals surface area (Å²) in [5.41, 5.74) is 7.12. The van der Waals surface area contributed by atoms with Gasteiger partial charge in [0.25, 0.3) is 0 Å². The van der Waals surface area contributed by atoms with E-state index in [0.29, 0.717) is 6.54 Å². The molecule has 1 aromatic carbocycles. The summed E-state index contributed by atoms with van der Waals surface area (Å²) >= 11 is 6.30. The van der Waals surface area contributed by atoms with E-state index in [0.717, 1.165) is 37.5 Å². The monoisotopic (exact) mass is 239 g/mol. The van der Waals surface area contributed by atoms with Gasteiger partial charge in [0, 0.05) is 23.7 Å². The molecule has 0 aliphatic carbocycles. The first-order valence-corrected chi connectivity index (χ1v) is 6.19. The second-order valence-corrected chi connectivity index (χ2v) is 4.82. The molecule has 0 amide bonds. The van der Waals surface area contributed by atoms with E-state index < -0.39 is 0 Å². The lowest BCUT2D eigenvalue weighted by molar-refractivity contribution is 0.0477. The normalized spacial score (nSPS) is 19.6. The van der Waals surface area contributed by atoms with E-state index in [1.54, 1.807) is 0 Å². The molecule has 0 saturated carbocycles. The Morgan fingerprint density at radius 3 is 2.56 bits per heavy atom. The maximum absolute atomic E-state index is 6.30. The van der Waals surface area contributed by atoms with Gasteiger partial charge in [-0.15, -0.1) is 0 Å². The van der Waals surface area contributed by atoms with Crippen molar-refractivity contribution in [2.24, 2.45) is 5.73 Å². The SMILES string of the molecule is NCCC1(c2ccccc2Cl)CCOCC1. The number of ether oxygens (including phenoxy) is 1. The largest absolute Gasteiger partial charge is 0.381 e. The fraction of sp³-hybridized carbons (Fsp3) is 0.538. The molecule has 1 fully saturated rings. The summed E-state index contributed by atoms with van der Waals surface area (Å²) in [6.07, 6.45) is 3.03. The highest BCUT2D eigenvalue weighted by Crippen LogP contribution is 2.40. The minimum Gasteiger partial charge on any atom is -0.381 e. The topological polar surface area (TPSA) is 35.2 Å². The quantitative estimate of drug-likeness (QED) is 0.881. The van der Waals surface area contributed by atoms with Gasteiger partial charge in [0.05, 0.1) is 0 Å². The molecule has 88 valence electrons. The third-order valence-corrected chi connectivity index (χ3v) is 3.85. The van der Waals surface area contributed by atoms with Crippen molar-refractivity contribution < 1.29 is 4.74 Å². The molecule has 1 saturated heterocycles. The summed E-state index contributed by atoms with van der Waals surface area (Å²) in [7, 11) is 0. The average molecular weight is 240 g/mol. The Hall–Kier alpha value is -0.570. The predicted molar refractivity (Wildman–Crippen MR) is 66.9 cm³/mol. The molecule has 1 aliphatic rings. The van der Waals surface area contributed by atoms with E-state index in [2.05, 4.69) is 12.1 Å². The maximum Gasteiger partial charge on any atom is 0.0474 e. The van der Waals surface area contributed by atoms with Gasteiger partial charge in [-0.1, -0.05) is 29.8 Å². The van der Waals surface area contributed by atoms with Crippen LogP contribution in [0, 0.1) is 0 Å². The Morgan fingerprint density at radius 2 is 1.94 bits per heavy atom. The summed E-state index contributed by atoms with van der Waals surface area (Å²) in [4.78, 5) is 0. The van der Waals surface area contributed by atoms with Crippen molar-refractivity contribution in [1.29, 1.82) is 0 Å². The highest BCUT2D eigenvalue weighted by atomic mass is 35.5. The second-order valence-electron chi connectivity index (χ2n) is 4.41. The first-order chi connectivity index (χ1) is 7.78. The zero-order valence-electron chi connectivity index (χ0n) is 9.42. The first kappa shape index (κ1) is 11.9. The Bertz CT molecular complexity index is 342. The van der Waals surface area contributed by atoms with Gasteiger partial charge in [-0.25, -0.2) is 0 Å². The van der Waals surface area contributed by atoms with Crippen molar-refractivity contribution in [3.05, 3.63) is 34.9 Å². The summed E-state index contributed by atoms with van der Waals surface area (Å²) in [6.45, 7) is 2.32. The van der Waals surface area contributed by atoms with Gasteiger partial charge in [-0.05, 0) is 37.4 Å². The van der Waals surface area contributed by atoms with Crippen LogP contribution in [-0.4, -0.2) is 19.8 Å². The third-order valence-electron chi connectivity index (χ3n) is 3.52. The third kappa shape index (κ3) is 2.24. The lowest BCUT2D eigenvalue weighted by Crippen LogP contribution is -2.36. The molecular formula is C13H18ClNO. The van der Waals surface area contributed by atoms with Gasteiger partial charge in [0.2, 0.25) is 0 Å². The summed E-state index contributed by atoms with van der Waals surface area (Å²) in [5.74, 6) is 0. The average Bonchev–Trinajstić information content (AvgIpc) is 2.31. The molecule has 16 heavy (non-hydrogen) atoms. The predicted octanol–water partition coefficient (Wildman–Crippen LogP) is 2.74. The lowest BCUT2D eigenvalue weighted by atomic mass is 9.72. The minimum absolute atomic E-state index is 0.130. The maximum atomic E-state index is 6.30. The molecule has 1 heterocycles. The number of benzene rings is 1. The molecule has 0 atom stereocenters. The molecular weight excluding hydrogens is 222 g/mol. The van der Waals surface area contributed by atoms with Gasteiger partial charge < -0.3 is 10.5 Å². The highest BCUT2D eigenvalue weighted by molar-refractivity contribution is 6.31. The van der Waals surface area contributed by atoms with E-state index in [4.69, 9.17) is 22.1 Å². The molecule has 1 aliphatic heterocycles. The molecule has 1 aromatic rings. The van der Waals surface area contributed by atoms with E-state index in [-0.39, 0.29) is 5.41 Å². The number of hydrogen-bond acceptors (Lipinski definition) is 2. The zero-order chi connectivity index (χ0) is 11.4. The van der Waals surface area contributed by atoms with Gasteiger partial charge in [0.15, 0.2) is 0 Å². The van der Waals surface area contributed by atoms with Crippen molar-refractivity contribution in [1.82, 2.24) is 0 Å². The Morgan fingerprint density at radius 1 is 1.25 bits per heavy atom. The number of rotatable bonds is 3. The smallest absolute Gasteiger partial charge is 0.0474 e. The molecule has 0 bridgehead atoms. The van der Waals surface area contributed by atoms with Crippen molar-refractivity contribution in [2.45, 2.75) is 24.7 Å². The summed E-state index contributed by atoms with van der Waals surface area (Å²) in [6, 6.07) is 8.12. The fourth-order valence-electron chi connectivity index (χ4n) is 2.58. The van der Waals surface area contributed by atoms with Gasteiger partial charge in [0.1, 0.15) is 0 Å². The lowest BCUT2D eigenvalue weighted by Gasteiger charge is -2.38. The number of nitrogens with two attached hydrogens (primary N) is 1. The van der Waals surface area contributed by atoms with Crippen LogP contribution < -0.4 is 5.73 Å². The van der Waals surface area contributed by atoms with Gasteiger partial charge in [-0.3, -0.25) is 0 Å². The van der Waals surface area contributed by atoms with Gasteiger partial charge in [-0.2, -0.15) is 0 Å². The molecule has 0 aromatic heterocycles. The Labute approximate surface area is 102 Å². The standard InChI is InChI=1S/C13H18ClNO/c14-12-4-2-1-3-11(12)13(5-8-15)6-9-16-10-7-13/h1-4H,5-10,15H2. The van der Waals surface area contributed by atoms with Crippen molar-refractivity contribution in [3.8, 4) is 0 Å². The number of hydrogen-bond donors (Lipinski definition) is 1. The van der Waals surface area contributed by atoms with Crippen LogP contribution >= 0.6 is 11.6 Å². The molecule has 2 N–H and O–H groups in total. The zero-order valence-corrected chi connectivity index (χ0v) is 10.2. The van der Waals surface area contributed by atoms with Crippen LogP contribution in [0.4, 0.5) is 0 Å². The fourth-order valence-corrected chi connectivity index (χ4v) is 2.92. The summed E-state index contributed by atoms with van der Waals surface area (Å²) < 4.78 is 5.45. The second kappa shape index (κ2) is 5.17. The number of halogens is 1.